The van der Waals surface area contributed by atoms with Crippen LogP contribution in [0.4, 0.5) is 0 Å². The Morgan fingerprint density at radius 2 is 2.19 bits per heavy atom. The summed E-state index contributed by atoms with van der Waals surface area (Å²) >= 11 is 0. The van der Waals surface area contributed by atoms with Crippen LogP contribution >= 0.6 is 0 Å². The largest absolute Gasteiger partial charge is 0.508 e. The van der Waals surface area contributed by atoms with Gasteiger partial charge in [0, 0.05) is 13.7 Å². The summed E-state index contributed by atoms with van der Waals surface area (Å²) in [6.45, 7) is 3.06. The highest BCUT2D eigenvalue weighted by Gasteiger charge is 2.24. The molecule has 0 aromatic heterocycles. The number of rotatable bonds is 6. The minimum Gasteiger partial charge on any atom is -0.508 e. The number of phenols is 1. The van der Waals surface area contributed by atoms with E-state index in [1.54, 1.807) is 25.3 Å². The predicted octanol–water partition coefficient (Wildman–Crippen LogP) is 0.836. The van der Waals surface area contributed by atoms with Gasteiger partial charge in [-0.1, -0.05) is 12.1 Å². The molecule has 0 spiro atoms. The standard InChI is InChI=1S/C12H19NO3/c1-12(9-14,13-6-7-16-2)10-4-3-5-11(15)8-10/h3-5,8,13-15H,6-7,9H2,1-2H3. The van der Waals surface area contributed by atoms with Crippen molar-refractivity contribution in [3.63, 3.8) is 0 Å². The van der Waals surface area contributed by atoms with E-state index in [-0.39, 0.29) is 12.4 Å². The fourth-order valence-electron chi connectivity index (χ4n) is 1.53. The number of phenolic OH excluding ortho intramolecular Hbond substituents is 1. The first-order valence-electron chi connectivity index (χ1n) is 5.27. The van der Waals surface area contributed by atoms with Gasteiger partial charge >= 0.3 is 0 Å². The molecule has 1 rings (SSSR count). The van der Waals surface area contributed by atoms with Crippen molar-refractivity contribution >= 4 is 0 Å². The second-order valence-electron chi connectivity index (χ2n) is 3.96. The summed E-state index contributed by atoms with van der Waals surface area (Å²) in [5.41, 5.74) is 0.295. The first-order valence-corrected chi connectivity index (χ1v) is 5.27. The van der Waals surface area contributed by atoms with Gasteiger partial charge in [0.05, 0.1) is 18.8 Å². The molecule has 0 saturated heterocycles. The number of methoxy groups -OCH3 is 1. The zero-order valence-electron chi connectivity index (χ0n) is 9.73. The van der Waals surface area contributed by atoms with Gasteiger partial charge in [-0.15, -0.1) is 0 Å². The SMILES string of the molecule is COCCNC(C)(CO)c1cccc(O)c1. The molecule has 1 aromatic carbocycles. The Labute approximate surface area is 95.9 Å². The van der Waals surface area contributed by atoms with E-state index in [0.717, 1.165) is 5.56 Å². The van der Waals surface area contributed by atoms with E-state index in [9.17, 15) is 10.2 Å². The lowest BCUT2D eigenvalue weighted by molar-refractivity contribution is 0.148. The van der Waals surface area contributed by atoms with Crippen LogP contribution in [0, 0.1) is 0 Å². The van der Waals surface area contributed by atoms with Gasteiger partial charge in [0.15, 0.2) is 0 Å². The molecule has 0 aliphatic carbocycles. The molecule has 0 saturated carbocycles. The van der Waals surface area contributed by atoms with Crippen molar-refractivity contribution in [2.75, 3.05) is 26.9 Å². The van der Waals surface area contributed by atoms with Crippen molar-refractivity contribution in [2.45, 2.75) is 12.5 Å². The molecule has 0 bridgehead atoms. The van der Waals surface area contributed by atoms with Gasteiger partial charge in [-0.3, -0.25) is 0 Å². The fraction of sp³-hybridized carbons (Fsp3) is 0.500. The van der Waals surface area contributed by atoms with E-state index in [1.165, 1.54) is 0 Å². The molecule has 16 heavy (non-hydrogen) atoms. The van der Waals surface area contributed by atoms with Gasteiger partial charge in [0.1, 0.15) is 5.75 Å². The van der Waals surface area contributed by atoms with Crippen LogP contribution in [0.2, 0.25) is 0 Å². The number of aliphatic hydroxyl groups excluding tert-OH is 1. The van der Waals surface area contributed by atoms with Crippen LogP contribution in [0.15, 0.2) is 24.3 Å². The highest BCUT2D eigenvalue weighted by atomic mass is 16.5. The number of benzene rings is 1. The second kappa shape index (κ2) is 5.84. The van der Waals surface area contributed by atoms with Crippen molar-refractivity contribution < 1.29 is 14.9 Å². The maximum Gasteiger partial charge on any atom is 0.115 e. The fourth-order valence-corrected chi connectivity index (χ4v) is 1.53. The third-order valence-electron chi connectivity index (χ3n) is 2.62. The van der Waals surface area contributed by atoms with Gasteiger partial charge in [-0.05, 0) is 24.6 Å². The number of nitrogens with one attached hydrogen (secondary N) is 1. The van der Waals surface area contributed by atoms with Crippen molar-refractivity contribution in [1.82, 2.24) is 5.32 Å². The van der Waals surface area contributed by atoms with E-state index in [0.29, 0.717) is 13.2 Å². The van der Waals surface area contributed by atoms with Crippen LogP contribution in [0.5, 0.6) is 5.75 Å². The van der Waals surface area contributed by atoms with E-state index >= 15 is 0 Å². The topological polar surface area (TPSA) is 61.7 Å². The van der Waals surface area contributed by atoms with E-state index in [1.807, 2.05) is 13.0 Å². The van der Waals surface area contributed by atoms with Crippen LogP contribution in [-0.2, 0) is 10.3 Å². The summed E-state index contributed by atoms with van der Waals surface area (Å²) in [7, 11) is 1.63. The quantitative estimate of drug-likeness (QED) is 0.628. The predicted molar refractivity (Wildman–Crippen MR) is 62.4 cm³/mol. The Balaban J connectivity index is 2.78. The lowest BCUT2D eigenvalue weighted by Gasteiger charge is -2.29. The zero-order valence-corrected chi connectivity index (χ0v) is 9.73. The molecule has 0 heterocycles. The molecule has 1 unspecified atom stereocenters. The molecule has 0 fully saturated rings. The summed E-state index contributed by atoms with van der Waals surface area (Å²) in [5, 5.41) is 22.1. The van der Waals surface area contributed by atoms with Gasteiger partial charge in [-0.2, -0.15) is 0 Å². The molecule has 90 valence electrons. The molecular weight excluding hydrogens is 206 g/mol. The summed E-state index contributed by atoms with van der Waals surface area (Å²) in [6.07, 6.45) is 0. The van der Waals surface area contributed by atoms with Crippen LogP contribution in [0.1, 0.15) is 12.5 Å². The molecule has 4 heteroatoms. The number of aromatic hydroxyl groups is 1. The minimum atomic E-state index is -0.558. The summed E-state index contributed by atoms with van der Waals surface area (Å²) in [5.74, 6) is 0.200. The molecule has 3 N–H and O–H groups in total. The average Bonchev–Trinajstić information content (AvgIpc) is 2.29. The van der Waals surface area contributed by atoms with Gasteiger partial charge in [-0.25, -0.2) is 0 Å². The minimum absolute atomic E-state index is 0.0415. The highest BCUT2D eigenvalue weighted by molar-refractivity contribution is 5.32. The monoisotopic (exact) mass is 225 g/mol. The lowest BCUT2D eigenvalue weighted by Crippen LogP contribution is -2.44. The Kier molecular flexibility index (Phi) is 4.73. The number of ether oxygens (including phenoxy) is 1. The van der Waals surface area contributed by atoms with Crippen LogP contribution < -0.4 is 5.32 Å². The Morgan fingerprint density at radius 3 is 2.75 bits per heavy atom. The van der Waals surface area contributed by atoms with E-state index in [4.69, 9.17) is 4.74 Å². The summed E-state index contributed by atoms with van der Waals surface area (Å²) in [4.78, 5) is 0. The summed E-state index contributed by atoms with van der Waals surface area (Å²) < 4.78 is 4.95. The molecule has 1 atom stereocenters. The second-order valence-corrected chi connectivity index (χ2v) is 3.96. The number of hydrogen-bond donors (Lipinski definition) is 3. The molecule has 1 aromatic rings. The Hall–Kier alpha value is -1.10. The first kappa shape index (κ1) is 13.0. The lowest BCUT2D eigenvalue weighted by atomic mass is 9.92. The van der Waals surface area contributed by atoms with Gasteiger partial charge in [0.2, 0.25) is 0 Å². The third-order valence-corrected chi connectivity index (χ3v) is 2.62. The summed E-state index contributed by atoms with van der Waals surface area (Å²) in [6, 6.07) is 6.89. The first-order chi connectivity index (χ1) is 7.62. The molecule has 0 aliphatic heterocycles. The Morgan fingerprint density at radius 1 is 1.44 bits per heavy atom. The number of hydrogen-bond acceptors (Lipinski definition) is 4. The molecular formula is C12H19NO3. The van der Waals surface area contributed by atoms with E-state index in [2.05, 4.69) is 5.32 Å². The average molecular weight is 225 g/mol. The zero-order chi connectivity index (χ0) is 12.0. The van der Waals surface area contributed by atoms with Crippen molar-refractivity contribution in [3.05, 3.63) is 29.8 Å². The van der Waals surface area contributed by atoms with Crippen LogP contribution in [0.25, 0.3) is 0 Å². The van der Waals surface area contributed by atoms with Crippen LogP contribution in [-0.4, -0.2) is 37.1 Å². The maximum atomic E-state index is 9.44. The van der Waals surface area contributed by atoms with Gasteiger partial charge < -0.3 is 20.3 Å². The highest BCUT2D eigenvalue weighted by Crippen LogP contribution is 2.23. The molecule has 0 amide bonds. The van der Waals surface area contributed by atoms with Gasteiger partial charge in [0.25, 0.3) is 0 Å². The molecule has 0 radical (unpaired) electrons. The number of aliphatic hydroxyl groups is 1. The van der Waals surface area contributed by atoms with Crippen molar-refractivity contribution in [1.29, 1.82) is 0 Å². The third kappa shape index (κ3) is 3.20. The smallest absolute Gasteiger partial charge is 0.115 e. The molecule has 4 nitrogen and oxygen atoms in total. The normalized spacial score (nSPS) is 14.7. The van der Waals surface area contributed by atoms with E-state index < -0.39 is 5.54 Å². The molecule has 0 aliphatic rings. The Bertz CT molecular complexity index is 330. The van der Waals surface area contributed by atoms with Crippen molar-refractivity contribution in [2.24, 2.45) is 0 Å². The van der Waals surface area contributed by atoms with Crippen LogP contribution in [0.3, 0.4) is 0 Å². The van der Waals surface area contributed by atoms with Crippen molar-refractivity contribution in [3.8, 4) is 5.75 Å². The maximum absolute atomic E-state index is 9.44.